The van der Waals surface area contributed by atoms with Gasteiger partial charge in [0.05, 0.1) is 6.04 Å². The van der Waals surface area contributed by atoms with E-state index in [0.29, 0.717) is 5.41 Å². The van der Waals surface area contributed by atoms with Crippen LogP contribution in [0.5, 0.6) is 0 Å². The van der Waals surface area contributed by atoms with Gasteiger partial charge in [-0.05, 0) is 62.3 Å². The molecule has 1 saturated heterocycles. The van der Waals surface area contributed by atoms with Crippen LogP contribution in [0.2, 0.25) is 0 Å². The first-order valence-electron chi connectivity index (χ1n) is 7.98. The van der Waals surface area contributed by atoms with Crippen molar-refractivity contribution in [3.05, 3.63) is 0 Å². The van der Waals surface area contributed by atoms with Gasteiger partial charge in [0, 0.05) is 6.54 Å². The molecule has 0 radical (unpaired) electrons. The second-order valence-electron chi connectivity index (χ2n) is 7.48. The Morgan fingerprint density at radius 2 is 1.84 bits per heavy atom. The minimum Gasteiger partial charge on any atom is -0.355 e. The molecule has 3 nitrogen and oxygen atoms in total. The van der Waals surface area contributed by atoms with Crippen LogP contribution < -0.4 is 10.6 Å². The van der Waals surface area contributed by atoms with Crippen molar-refractivity contribution in [2.75, 3.05) is 13.1 Å². The molecular formula is C16H30N2O. The lowest BCUT2D eigenvalue weighted by molar-refractivity contribution is -0.124. The summed E-state index contributed by atoms with van der Waals surface area (Å²) in [6.07, 6.45) is 7.47. The Labute approximate surface area is 117 Å². The third-order valence-corrected chi connectivity index (χ3v) is 5.01. The molecule has 1 saturated carbocycles. The van der Waals surface area contributed by atoms with E-state index >= 15 is 0 Å². The van der Waals surface area contributed by atoms with Crippen molar-refractivity contribution in [2.45, 2.75) is 65.3 Å². The van der Waals surface area contributed by atoms with Crippen molar-refractivity contribution in [2.24, 2.45) is 17.3 Å². The number of nitrogens with one attached hydrogen (secondary N) is 2. The van der Waals surface area contributed by atoms with Crippen LogP contribution in [-0.2, 0) is 4.79 Å². The molecule has 1 atom stereocenters. The van der Waals surface area contributed by atoms with E-state index in [-0.39, 0.29) is 11.9 Å². The predicted molar refractivity (Wildman–Crippen MR) is 78.9 cm³/mol. The molecule has 0 spiro atoms. The molecule has 2 N–H and O–H groups in total. The van der Waals surface area contributed by atoms with E-state index in [4.69, 9.17) is 0 Å². The Morgan fingerprint density at radius 3 is 2.42 bits per heavy atom. The maximum absolute atomic E-state index is 11.7. The van der Waals surface area contributed by atoms with E-state index in [1.54, 1.807) is 0 Å². The van der Waals surface area contributed by atoms with Crippen molar-refractivity contribution in [3.63, 3.8) is 0 Å². The van der Waals surface area contributed by atoms with Crippen LogP contribution in [0, 0.1) is 17.3 Å². The molecule has 1 heterocycles. The van der Waals surface area contributed by atoms with Crippen molar-refractivity contribution in [1.29, 1.82) is 0 Å². The van der Waals surface area contributed by atoms with Gasteiger partial charge in [0.2, 0.25) is 5.91 Å². The molecular weight excluding hydrogens is 236 g/mol. The predicted octanol–water partition coefficient (Wildman–Crippen LogP) is 2.71. The molecule has 19 heavy (non-hydrogen) atoms. The first-order chi connectivity index (χ1) is 8.97. The summed E-state index contributed by atoms with van der Waals surface area (Å²) in [6, 6.07) is 0.0640. The third kappa shape index (κ3) is 4.20. The molecule has 1 unspecified atom stereocenters. The van der Waals surface area contributed by atoms with E-state index in [0.717, 1.165) is 37.8 Å². The van der Waals surface area contributed by atoms with Crippen LogP contribution >= 0.6 is 0 Å². The summed E-state index contributed by atoms with van der Waals surface area (Å²) in [5, 5.41) is 6.43. The van der Waals surface area contributed by atoms with Gasteiger partial charge in [-0.2, -0.15) is 0 Å². The fourth-order valence-corrected chi connectivity index (χ4v) is 3.51. The van der Waals surface area contributed by atoms with Crippen molar-refractivity contribution >= 4 is 5.91 Å². The molecule has 0 aromatic rings. The summed E-state index contributed by atoms with van der Waals surface area (Å²) in [6.45, 7) is 8.97. The van der Waals surface area contributed by atoms with Gasteiger partial charge in [0.25, 0.3) is 0 Å². The summed E-state index contributed by atoms with van der Waals surface area (Å²) in [4.78, 5) is 11.7. The van der Waals surface area contributed by atoms with Crippen LogP contribution in [0.25, 0.3) is 0 Å². The molecule has 3 heteroatoms. The highest BCUT2D eigenvalue weighted by molar-refractivity contribution is 5.82. The first-order valence-corrected chi connectivity index (χ1v) is 7.98. The number of carbonyl (C=O) groups excluding carboxylic acids is 1. The van der Waals surface area contributed by atoms with Crippen LogP contribution in [-0.4, -0.2) is 25.0 Å². The Kier molecular flexibility index (Phi) is 4.88. The van der Waals surface area contributed by atoms with E-state index in [9.17, 15) is 4.79 Å². The highest BCUT2D eigenvalue weighted by Crippen LogP contribution is 2.39. The number of amides is 1. The number of piperidine rings is 1. The van der Waals surface area contributed by atoms with Crippen molar-refractivity contribution in [1.82, 2.24) is 10.6 Å². The average Bonchev–Trinajstić information content (AvgIpc) is 2.37. The quantitative estimate of drug-likeness (QED) is 0.824. The van der Waals surface area contributed by atoms with Gasteiger partial charge in [-0.25, -0.2) is 0 Å². The minimum absolute atomic E-state index is 0.0640. The van der Waals surface area contributed by atoms with Crippen LogP contribution in [0.15, 0.2) is 0 Å². The number of carbonyl (C=O) groups is 1. The molecule has 0 aromatic heterocycles. The maximum Gasteiger partial charge on any atom is 0.237 e. The normalized spacial score (nSPS) is 33.0. The lowest BCUT2D eigenvalue weighted by atomic mass is 9.70. The topological polar surface area (TPSA) is 41.1 Å². The highest BCUT2D eigenvalue weighted by Gasteiger charge is 2.30. The van der Waals surface area contributed by atoms with Crippen LogP contribution in [0.1, 0.15) is 59.3 Å². The zero-order valence-electron chi connectivity index (χ0n) is 12.8. The largest absolute Gasteiger partial charge is 0.355 e. The molecule has 2 rings (SSSR count). The Hall–Kier alpha value is -0.570. The number of hydrogen-bond donors (Lipinski definition) is 2. The highest BCUT2D eigenvalue weighted by atomic mass is 16.2. The molecule has 1 amide bonds. The second kappa shape index (κ2) is 6.25. The summed E-state index contributed by atoms with van der Waals surface area (Å²) >= 11 is 0. The standard InChI is InChI=1S/C16H30N2O/c1-16(2,3)13-8-6-12(7-9-13)11-18-14-5-4-10-17-15(14)19/h12-14,18H,4-11H2,1-3H3,(H,17,19). The minimum atomic E-state index is 0.0640. The van der Waals surface area contributed by atoms with E-state index < -0.39 is 0 Å². The van der Waals surface area contributed by atoms with Gasteiger partial charge in [0.1, 0.15) is 0 Å². The van der Waals surface area contributed by atoms with Gasteiger partial charge < -0.3 is 10.6 Å². The summed E-state index contributed by atoms with van der Waals surface area (Å²) in [5.74, 6) is 1.85. The summed E-state index contributed by atoms with van der Waals surface area (Å²) < 4.78 is 0. The molecule has 1 aliphatic carbocycles. The van der Waals surface area contributed by atoms with Gasteiger partial charge in [-0.3, -0.25) is 4.79 Å². The smallest absolute Gasteiger partial charge is 0.237 e. The molecule has 0 aromatic carbocycles. The fraction of sp³-hybridized carbons (Fsp3) is 0.938. The summed E-state index contributed by atoms with van der Waals surface area (Å²) in [5.41, 5.74) is 0.460. The first kappa shape index (κ1) is 14.8. The zero-order valence-corrected chi connectivity index (χ0v) is 12.8. The van der Waals surface area contributed by atoms with E-state index in [2.05, 4.69) is 31.4 Å². The van der Waals surface area contributed by atoms with E-state index in [1.165, 1.54) is 25.7 Å². The molecule has 2 aliphatic rings. The Balaban J connectivity index is 1.69. The lowest BCUT2D eigenvalue weighted by Gasteiger charge is -2.37. The molecule has 2 fully saturated rings. The number of rotatable bonds is 3. The monoisotopic (exact) mass is 266 g/mol. The van der Waals surface area contributed by atoms with Crippen LogP contribution in [0.3, 0.4) is 0 Å². The third-order valence-electron chi connectivity index (χ3n) is 5.01. The molecule has 1 aliphatic heterocycles. The zero-order chi connectivity index (χ0) is 13.9. The Bertz CT molecular complexity index is 300. The number of hydrogen-bond acceptors (Lipinski definition) is 2. The average molecular weight is 266 g/mol. The molecule has 110 valence electrons. The van der Waals surface area contributed by atoms with E-state index in [1.807, 2.05) is 0 Å². The summed E-state index contributed by atoms with van der Waals surface area (Å²) in [7, 11) is 0. The van der Waals surface area contributed by atoms with Gasteiger partial charge in [-0.15, -0.1) is 0 Å². The van der Waals surface area contributed by atoms with Crippen molar-refractivity contribution in [3.8, 4) is 0 Å². The Morgan fingerprint density at radius 1 is 1.16 bits per heavy atom. The van der Waals surface area contributed by atoms with Gasteiger partial charge in [0.15, 0.2) is 0 Å². The lowest BCUT2D eigenvalue weighted by Crippen LogP contribution is -2.49. The second-order valence-corrected chi connectivity index (χ2v) is 7.48. The van der Waals surface area contributed by atoms with Crippen molar-refractivity contribution < 1.29 is 4.79 Å². The van der Waals surface area contributed by atoms with Gasteiger partial charge >= 0.3 is 0 Å². The van der Waals surface area contributed by atoms with Gasteiger partial charge in [-0.1, -0.05) is 20.8 Å². The SMILES string of the molecule is CC(C)(C)C1CCC(CNC2CCCNC2=O)CC1. The molecule has 0 bridgehead atoms. The maximum atomic E-state index is 11.7. The fourth-order valence-electron chi connectivity index (χ4n) is 3.51. The van der Waals surface area contributed by atoms with Crippen LogP contribution in [0.4, 0.5) is 0 Å².